The van der Waals surface area contributed by atoms with Gasteiger partial charge in [-0.1, -0.05) is 17.4 Å². The van der Waals surface area contributed by atoms with Gasteiger partial charge in [0.2, 0.25) is 0 Å². The number of aromatic nitrogens is 3. The molecule has 128 valence electrons. The fraction of sp³-hybridized carbons (Fsp3) is 0.176. The van der Waals surface area contributed by atoms with Crippen molar-refractivity contribution in [2.45, 2.75) is 6.54 Å². The van der Waals surface area contributed by atoms with Crippen LogP contribution in [0.2, 0.25) is 0 Å². The van der Waals surface area contributed by atoms with Gasteiger partial charge >= 0.3 is 0 Å². The van der Waals surface area contributed by atoms with Gasteiger partial charge in [-0.3, -0.25) is 9.78 Å². The summed E-state index contributed by atoms with van der Waals surface area (Å²) in [5.41, 5.74) is 1.08. The Bertz CT molecular complexity index is 992. The van der Waals surface area contributed by atoms with Crippen LogP contribution in [0.25, 0.3) is 10.2 Å². The van der Waals surface area contributed by atoms with Crippen LogP contribution in [-0.4, -0.2) is 34.7 Å². The lowest BCUT2D eigenvalue weighted by atomic mass is 10.3. The fourth-order valence-electron chi connectivity index (χ4n) is 2.34. The molecule has 1 amide bonds. The van der Waals surface area contributed by atoms with E-state index in [0.717, 1.165) is 10.2 Å². The number of rotatable bonds is 5. The number of hydrogen-bond acceptors (Lipinski definition) is 6. The maximum atomic E-state index is 12.3. The number of hydrogen-bond donors (Lipinski definition) is 0. The van der Waals surface area contributed by atoms with Gasteiger partial charge in [0.05, 0.1) is 30.6 Å². The van der Waals surface area contributed by atoms with E-state index in [9.17, 15) is 4.79 Å². The quantitative estimate of drug-likeness (QED) is 0.656. The summed E-state index contributed by atoms with van der Waals surface area (Å²) < 4.78 is 13.5. The normalized spacial score (nSPS) is 11.5. The Morgan fingerprint density at radius 2 is 2.08 bits per heavy atom. The molecule has 1 aromatic carbocycles. The standard InChI is InChI=1S/C17H16N4O3S/c1-4-7-21-12-8-13(23-2)14(24-3)9-15(12)25-17(21)20-16(22)11-10-18-5-6-19-11/h4-6,8-10H,1,7H2,2-3H3. The first kappa shape index (κ1) is 16.8. The highest BCUT2D eigenvalue weighted by atomic mass is 32.1. The van der Waals surface area contributed by atoms with Gasteiger partial charge in [0, 0.05) is 31.1 Å². The minimum absolute atomic E-state index is 0.195. The minimum atomic E-state index is -0.448. The summed E-state index contributed by atoms with van der Waals surface area (Å²) in [7, 11) is 3.16. The monoisotopic (exact) mass is 356 g/mol. The highest BCUT2D eigenvalue weighted by molar-refractivity contribution is 7.16. The van der Waals surface area contributed by atoms with E-state index >= 15 is 0 Å². The number of nitrogens with zero attached hydrogens (tertiary/aromatic N) is 4. The van der Waals surface area contributed by atoms with Crippen LogP contribution in [0.4, 0.5) is 0 Å². The molecule has 2 heterocycles. The number of methoxy groups -OCH3 is 2. The first-order valence-electron chi connectivity index (χ1n) is 7.39. The summed E-state index contributed by atoms with van der Waals surface area (Å²) >= 11 is 1.38. The molecule has 7 nitrogen and oxygen atoms in total. The largest absolute Gasteiger partial charge is 0.493 e. The molecule has 0 bridgehead atoms. The Morgan fingerprint density at radius 3 is 2.72 bits per heavy atom. The van der Waals surface area contributed by atoms with Crippen molar-refractivity contribution in [1.82, 2.24) is 14.5 Å². The first-order valence-corrected chi connectivity index (χ1v) is 8.21. The molecule has 0 aliphatic carbocycles. The summed E-state index contributed by atoms with van der Waals surface area (Å²) in [4.78, 5) is 25.0. The summed E-state index contributed by atoms with van der Waals surface area (Å²) in [6.45, 7) is 4.28. The number of allylic oxidation sites excluding steroid dienone is 1. The van der Waals surface area contributed by atoms with Gasteiger partial charge in [-0.2, -0.15) is 4.99 Å². The van der Waals surface area contributed by atoms with Gasteiger partial charge in [-0.15, -0.1) is 6.58 Å². The second-order valence-corrected chi connectivity index (χ2v) is 5.98. The molecule has 25 heavy (non-hydrogen) atoms. The summed E-state index contributed by atoms with van der Waals surface area (Å²) in [6, 6.07) is 3.73. The van der Waals surface area contributed by atoms with Crippen molar-refractivity contribution in [2.75, 3.05) is 14.2 Å². The van der Waals surface area contributed by atoms with E-state index in [1.54, 1.807) is 20.3 Å². The molecule has 3 rings (SSSR count). The lowest BCUT2D eigenvalue weighted by Crippen LogP contribution is -2.16. The van der Waals surface area contributed by atoms with Gasteiger partial charge in [0.1, 0.15) is 5.69 Å². The van der Waals surface area contributed by atoms with Crippen LogP contribution in [0.5, 0.6) is 11.5 Å². The maximum Gasteiger partial charge on any atom is 0.299 e. The summed E-state index contributed by atoms with van der Waals surface area (Å²) in [5, 5.41) is 0. The lowest BCUT2D eigenvalue weighted by molar-refractivity contribution is 0.0993. The van der Waals surface area contributed by atoms with Crippen LogP contribution < -0.4 is 14.3 Å². The van der Waals surface area contributed by atoms with Crippen LogP contribution in [-0.2, 0) is 6.54 Å². The van der Waals surface area contributed by atoms with E-state index in [2.05, 4.69) is 21.5 Å². The molecule has 0 aliphatic heterocycles. The van der Waals surface area contributed by atoms with E-state index in [1.165, 1.54) is 29.9 Å². The molecule has 0 unspecified atom stereocenters. The molecular formula is C17H16N4O3S. The zero-order valence-corrected chi connectivity index (χ0v) is 14.6. The molecule has 0 fully saturated rings. The number of thiazole rings is 1. The van der Waals surface area contributed by atoms with Gasteiger partial charge in [0.25, 0.3) is 5.91 Å². The second kappa shape index (κ2) is 7.27. The zero-order chi connectivity index (χ0) is 17.8. The van der Waals surface area contributed by atoms with Gasteiger partial charge in [0.15, 0.2) is 16.3 Å². The van der Waals surface area contributed by atoms with Crippen molar-refractivity contribution < 1.29 is 14.3 Å². The van der Waals surface area contributed by atoms with Crippen molar-refractivity contribution in [3.63, 3.8) is 0 Å². The van der Waals surface area contributed by atoms with E-state index in [4.69, 9.17) is 9.47 Å². The Balaban J connectivity index is 2.20. The zero-order valence-electron chi connectivity index (χ0n) is 13.8. The highest BCUT2D eigenvalue weighted by Gasteiger charge is 2.13. The Kier molecular flexibility index (Phi) is 4.90. The fourth-order valence-corrected chi connectivity index (χ4v) is 3.39. The first-order chi connectivity index (χ1) is 12.2. The maximum absolute atomic E-state index is 12.3. The number of carbonyl (C=O) groups excluding carboxylic acids is 1. The molecule has 3 aromatic rings. The Labute approximate surface area is 147 Å². The van der Waals surface area contributed by atoms with Crippen LogP contribution >= 0.6 is 11.3 Å². The minimum Gasteiger partial charge on any atom is -0.493 e. The smallest absolute Gasteiger partial charge is 0.299 e. The van der Waals surface area contributed by atoms with Crippen molar-refractivity contribution in [1.29, 1.82) is 0 Å². The van der Waals surface area contributed by atoms with Crippen LogP contribution in [0.15, 0.2) is 48.4 Å². The predicted molar refractivity (Wildman–Crippen MR) is 95.0 cm³/mol. The van der Waals surface area contributed by atoms with Crippen molar-refractivity contribution in [3.8, 4) is 11.5 Å². The van der Waals surface area contributed by atoms with Crippen molar-refractivity contribution >= 4 is 27.5 Å². The molecule has 0 atom stereocenters. The van der Waals surface area contributed by atoms with Gasteiger partial charge < -0.3 is 14.0 Å². The number of ether oxygens (including phenoxy) is 2. The topological polar surface area (TPSA) is 78.6 Å². The predicted octanol–water partition coefficient (Wildman–Crippen LogP) is 2.44. The van der Waals surface area contributed by atoms with Gasteiger partial charge in [-0.25, -0.2) is 4.98 Å². The van der Waals surface area contributed by atoms with E-state index < -0.39 is 5.91 Å². The summed E-state index contributed by atoms with van der Waals surface area (Å²) in [5.74, 6) is 0.780. The average Bonchev–Trinajstić information content (AvgIpc) is 2.97. The molecule has 0 N–H and O–H groups in total. The second-order valence-electron chi connectivity index (χ2n) is 4.97. The van der Waals surface area contributed by atoms with Crippen LogP contribution in [0, 0.1) is 0 Å². The summed E-state index contributed by atoms with van der Waals surface area (Å²) in [6.07, 6.45) is 6.10. The molecule has 0 aliphatic rings. The number of amides is 1. The third kappa shape index (κ3) is 3.29. The third-order valence-electron chi connectivity index (χ3n) is 3.48. The molecule has 2 aromatic heterocycles. The molecule has 0 radical (unpaired) electrons. The van der Waals surface area contributed by atoms with Crippen LogP contribution in [0.3, 0.4) is 0 Å². The van der Waals surface area contributed by atoms with E-state index in [-0.39, 0.29) is 5.69 Å². The number of fused-ring (bicyclic) bond motifs is 1. The van der Waals surface area contributed by atoms with Crippen molar-refractivity contribution in [2.24, 2.45) is 4.99 Å². The number of benzene rings is 1. The highest BCUT2D eigenvalue weighted by Crippen LogP contribution is 2.33. The van der Waals surface area contributed by atoms with Crippen molar-refractivity contribution in [3.05, 3.63) is 53.9 Å². The Hall–Kier alpha value is -3.00. The molecule has 0 saturated heterocycles. The van der Waals surface area contributed by atoms with E-state index in [0.29, 0.717) is 22.8 Å². The lowest BCUT2D eigenvalue weighted by Gasteiger charge is -2.08. The number of carbonyl (C=O) groups is 1. The average molecular weight is 356 g/mol. The molecular weight excluding hydrogens is 340 g/mol. The van der Waals surface area contributed by atoms with Gasteiger partial charge in [-0.05, 0) is 0 Å². The molecule has 0 spiro atoms. The van der Waals surface area contributed by atoms with Crippen LogP contribution in [0.1, 0.15) is 10.5 Å². The third-order valence-corrected chi connectivity index (χ3v) is 4.52. The molecule has 0 saturated carbocycles. The Morgan fingerprint density at radius 1 is 1.32 bits per heavy atom. The SMILES string of the molecule is C=CCn1c(=NC(=O)c2cnccn2)sc2cc(OC)c(OC)cc21. The molecule has 8 heteroatoms. The van der Waals surface area contributed by atoms with E-state index in [1.807, 2.05) is 16.7 Å².